The Morgan fingerprint density at radius 2 is 2.14 bits per heavy atom. The van der Waals surface area contributed by atoms with Gasteiger partial charge in [-0.2, -0.15) is 18.3 Å². The quantitative estimate of drug-likeness (QED) is 0.455. The van der Waals surface area contributed by atoms with E-state index in [4.69, 9.17) is 5.14 Å². The number of benzene rings is 1. The van der Waals surface area contributed by atoms with E-state index in [0.29, 0.717) is 5.69 Å². The molecule has 4 nitrogen and oxygen atoms in total. The number of rotatable bonds is 6. The van der Waals surface area contributed by atoms with Crippen LogP contribution in [0.3, 0.4) is 0 Å². The zero-order chi connectivity index (χ0) is 21.4. The summed E-state index contributed by atoms with van der Waals surface area (Å²) in [6.45, 7) is 5.00. The summed E-state index contributed by atoms with van der Waals surface area (Å²) in [5.41, 5.74) is -0.871. The lowest BCUT2D eigenvalue weighted by molar-refractivity contribution is -0.138. The van der Waals surface area contributed by atoms with Crippen LogP contribution < -0.4 is 10.5 Å². The Morgan fingerprint density at radius 3 is 2.72 bits per heavy atom. The van der Waals surface area contributed by atoms with E-state index in [1.54, 1.807) is 24.3 Å². The molecule has 10 heteroatoms. The predicted molar refractivity (Wildman–Crippen MR) is 103 cm³/mol. The molecule has 1 aromatic heterocycles. The van der Waals surface area contributed by atoms with Gasteiger partial charge in [0.2, 0.25) is 5.92 Å². The summed E-state index contributed by atoms with van der Waals surface area (Å²) in [7, 11) is 0. The third-order valence-electron chi connectivity index (χ3n) is 4.90. The number of nitrogens with one attached hydrogen (secondary N) is 1. The van der Waals surface area contributed by atoms with Gasteiger partial charge in [0.15, 0.2) is 0 Å². The lowest BCUT2D eigenvalue weighted by Crippen LogP contribution is -2.18. The van der Waals surface area contributed by atoms with Crippen molar-refractivity contribution in [2.45, 2.75) is 49.7 Å². The molecule has 1 fully saturated rings. The molecule has 0 saturated heterocycles. The van der Waals surface area contributed by atoms with Crippen LogP contribution in [0.25, 0.3) is 5.70 Å². The standard InChI is InChI=1S/C19H21F5N4S/c1-11-16(19(22,23)24)17(12(2)26-14-4-3-5-15(8-14)29-25)28(27-11)10-13-6-7-18(20,21)9-13/h3-5,8,13,26H,2,6-7,9-10,25H2,1H3. The van der Waals surface area contributed by atoms with Crippen LogP contribution >= 0.6 is 11.9 Å². The molecule has 1 aliphatic carbocycles. The van der Waals surface area contributed by atoms with Crippen LogP contribution in [0.5, 0.6) is 0 Å². The van der Waals surface area contributed by atoms with E-state index < -0.39 is 23.6 Å². The molecule has 29 heavy (non-hydrogen) atoms. The molecule has 1 unspecified atom stereocenters. The van der Waals surface area contributed by atoms with Crippen LogP contribution in [0, 0.1) is 12.8 Å². The summed E-state index contributed by atoms with van der Waals surface area (Å²) in [6, 6.07) is 6.81. The van der Waals surface area contributed by atoms with Crippen molar-refractivity contribution in [1.82, 2.24) is 9.78 Å². The van der Waals surface area contributed by atoms with Gasteiger partial charge in [0, 0.05) is 30.0 Å². The van der Waals surface area contributed by atoms with Crippen molar-refractivity contribution in [2.24, 2.45) is 11.1 Å². The fraction of sp³-hybridized carbons (Fsp3) is 0.421. The molecular formula is C19H21F5N4S. The topological polar surface area (TPSA) is 55.9 Å². The van der Waals surface area contributed by atoms with Crippen molar-refractivity contribution in [1.29, 1.82) is 0 Å². The van der Waals surface area contributed by atoms with Crippen molar-refractivity contribution in [2.75, 3.05) is 5.32 Å². The summed E-state index contributed by atoms with van der Waals surface area (Å²) in [4.78, 5) is 0.719. The second kappa shape index (κ2) is 7.98. The molecule has 0 radical (unpaired) electrons. The molecule has 1 heterocycles. The Labute approximate surface area is 169 Å². The number of anilines is 1. The molecule has 1 atom stereocenters. The minimum absolute atomic E-state index is 0.0122. The van der Waals surface area contributed by atoms with E-state index in [1.165, 1.54) is 6.92 Å². The zero-order valence-corrected chi connectivity index (χ0v) is 16.5. The SMILES string of the molecule is C=C(Nc1cccc(SN)c1)c1c(C(F)(F)F)c(C)nn1CC1CCC(F)(F)C1. The number of nitrogens with two attached hydrogens (primary N) is 1. The van der Waals surface area contributed by atoms with E-state index in [2.05, 4.69) is 17.0 Å². The largest absolute Gasteiger partial charge is 0.420 e. The highest BCUT2D eigenvalue weighted by Gasteiger charge is 2.42. The van der Waals surface area contributed by atoms with Gasteiger partial charge >= 0.3 is 6.18 Å². The summed E-state index contributed by atoms with van der Waals surface area (Å²) in [5, 5.41) is 12.4. The first kappa shape index (κ1) is 21.6. The van der Waals surface area contributed by atoms with Crippen LogP contribution in [0.15, 0.2) is 35.7 Å². The number of aromatic nitrogens is 2. The van der Waals surface area contributed by atoms with Crippen LogP contribution in [-0.2, 0) is 12.7 Å². The number of hydrogen-bond donors (Lipinski definition) is 2. The Morgan fingerprint density at radius 1 is 1.41 bits per heavy atom. The first-order chi connectivity index (χ1) is 13.5. The minimum Gasteiger partial charge on any atom is -0.354 e. The lowest BCUT2D eigenvalue weighted by atomic mass is 10.1. The average molecular weight is 432 g/mol. The Kier molecular flexibility index (Phi) is 5.96. The highest BCUT2D eigenvalue weighted by molar-refractivity contribution is 7.97. The van der Waals surface area contributed by atoms with E-state index in [0.717, 1.165) is 21.5 Å². The van der Waals surface area contributed by atoms with Crippen LogP contribution in [-0.4, -0.2) is 15.7 Å². The first-order valence-corrected chi connectivity index (χ1v) is 9.83. The number of aryl methyl sites for hydroxylation is 1. The maximum absolute atomic E-state index is 13.7. The molecule has 1 aromatic carbocycles. The molecule has 0 spiro atoms. The van der Waals surface area contributed by atoms with E-state index >= 15 is 0 Å². The normalized spacial score (nSPS) is 18.8. The fourth-order valence-corrected chi connectivity index (χ4v) is 4.03. The third kappa shape index (κ3) is 4.92. The second-order valence-corrected chi connectivity index (χ2v) is 7.91. The van der Waals surface area contributed by atoms with Gasteiger partial charge in [0.1, 0.15) is 5.56 Å². The van der Waals surface area contributed by atoms with Gasteiger partial charge in [-0.05, 0) is 49.4 Å². The van der Waals surface area contributed by atoms with Crippen molar-refractivity contribution in [3.05, 3.63) is 47.8 Å². The summed E-state index contributed by atoms with van der Waals surface area (Å²) < 4.78 is 69.4. The van der Waals surface area contributed by atoms with Gasteiger partial charge in [-0.15, -0.1) is 0 Å². The van der Waals surface area contributed by atoms with Crippen molar-refractivity contribution < 1.29 is 22.0 Å². The molecule has 0 aliphatic heterocycles. The van der Waals surface area contributed by atoms with E-state index in [9.17, 15) is 22.0 Å². The predicted octanol–water partition coefficient (Wildman–Crippen LogP) is 5.69. The van der Waals surface area contributed by atoms with Crippen molar-refractivity contribution in [3.8, 4) is 0 Å². The number of nitrogens with zero attached hydrogens (tertiary/aromatic N) is 2. The maximum atomic E-state index is 13.7. The molecule has 2 aromatic rings. The summed E-state index contributed by atoms with van der Waals surface area (Å²) in [6.07, 6.45) is -5.04. The third-order valence-corrected chi connectivity index (χ3v) is 5.42. The number of hydrogen-bond acceptors (Lipinski definition) is 4. The van der Waals surface area contributed by atoms with E-state index in [1.807, 2.05) is 0 Å². The number of alkyl halides is 5. The minimum atomic E-state index is -4.66. The Hall–Kier alpha value is -2.07. The van der Waals surface area contributed by atoms with Crippen molar-refractivity contribution in [3.63, 3.8) is 0 Å². The molecule has 1 saturated carbocycles. The first-order valence-electron chi connectivity index (χ1n) is 8.95. The van der Waals surface area contributed by atoms with Crippen LogP contribution in [0.1, 0.15) is 36.2 Å². The molecular weight excluding hydrogens is 411 g/mol. The van der Waals surface area contributed by atoms with Gasteiger partial charge in [0.25, 0.3) is 0 Å². The van der Waals surface area contributed by atoms with Gasteiger partial charge in [-0.3, -0.25) is 9.82 Å². The highest BCUT2D eigenvalue weighted by Crippen LogP contribution is 2.41. The number of halogens is 5. The van der Waals surface area contributed by atoms with Gasteiger partial charge in [0.05, 0.1) is 17.1 Å². The summed E-state index contributed by atoms with van der Waals surface area (Å²) in [5.74, 6) is -3.23. The Balaban J connectivity index is 1.94. The molecule has 158 valence electrons. The lowest BCUT2D eigenvalue weighted by Gasteiger charge is -2.18. The Bertz CT molecular complexity index is 906. The maximum Gasteiger partial charge on any atom is 0.420 e. The molecule has 0 amide bonds. The second-order valence-electron chi connectivity index (χ2n) is 7.20. The monoisotopic (exact) mass is 432 g/mol. The van der Waals surface area contributed by atoms with Gasteiger partial charge in [-0.1, -0.05) is 12.6 Å². The van der Waals surface area contributed by atoms with Gasteiger partial charge < -0.3 is 5.32 Å². The molecule has 1 aliphatic rings. The van der Waals surface area contributed by atoms with Crippen molar-refractivity contribution >= 4 is 23.3 Å². The highest BCUT2D eigenvalue weighted by atomic mass is 32.2. The average Bonchev–Trinajstić information content (AvgIpc) is 3.13. The fourth-order valence-electron chi connectivity index (χ4n) is 3.68. The van der Waals surface area contributed by atoms with E-state index in [-0.39, 0.29) is 42.9 Å². The molecule has 0 bridgehead atoms. The zero-order valence-electron chi connectivity index (χ0n) is 15.7. The molecule has 3 rings (SSSR count). The molecule has 3 N–H and O–H groups in total. The smallest absolute Gasteiger partial charge is 0.354 e. The van der Waals surface area contributed by atoms with Gasteiger partial charge in [-0.25, -0.2) is 8.78 Å². The van der Waals surface area contributed by atoms with Crippen LogP contribution in [0.4, 0.5) is 27.6 Å². The summed E-state index contributed by atoms with van der Waals surface area (Å²) >= 11 is 1.00. The van der Waals surface area contributed by atoms with Crippen LogP contribution in [0.2, 0.25) is 0 Å².